The van der Waals surface area contributed by atoms with Gasteiger partial charge in [0.1, 0.15) is 11.5 Å². The summed E-state index contributed by atoms with van der Waals surface area (Å²) in [5.41, 5.74) is -1.29. The van der Waals surface area contributed by atoms with Crippen LogP contribution in [0.3, 0.4) is 0 Å². The van der Waals surface area contributed by atoms with Crippen molar-refractivity contribution >= 4 is 5.69 Å². The highest BCUT2D eigenvalue weighted by atomic mass is 19.2. The minimum absolute atomic E-state index is 0.130. The first-order valence-corrected chi connectivity index (χ1v) is 5.72. The summed E-state index contributed by atoms with van der Waals surface area (Å²) in [4.78, 5) is 0. The maximum Gasteiger partial charge on any atom is 0.200 e. The Morgan fingerprint density at radius 2 is 1.36 bits per heavy atom. The van der Waals surface area contributed by atoms with E-state index in [1.807, 2.05) is 0 Å². The van der Waals surface area contributed by atoms with Crippen molar-refractivity contribution in [2.24, 2.45) is 10.2 Å². The number of nitrogens with zero attached hydrogens (tertiary/aromatic N) is 2. The molecule has 0 bridgehead atoms. The van der Waals surface area contributed by atoms with Crippen LogP contribution in [0, 0.1) is 29.1 Å². The summed E-state index contributed by atoms with van der Waals surface area (Å²) in [5, 5.41) is 24.8. The Bertz CT molecular complexity index is 736. The fourth-order valence-corrected chi connectivity index (χ4v) is 1.55. The third-order valence-corrected chi connectivity index (χ3v) is 2.67. The Morgan fingerprint density at radius 1 is 0.818 bits per heavy atom. The van der Waals surface area contributed by atoms with Crippen molar-refractivity contribution in [3.63, 3.8) is 0 Å². The number of rotatable bonds is 3. The first kappa shape index (κ1) is 15.7. The standard InChI is InChI=1S/C13H7F5N2O2/c14-8-9(15)11(17)13(12(18)10(8)16)20-19-4-5-1-2-6(21)3-7(5)22/h1-3,21-22H,4H2. The zero-order valence-corrected chi connectivity index (χ0v) is 10.6. The molecule has 22 heavy (non-hydrogen) atoms. The maximum atomic E-state index is 13.3. The smallest absolute Gasteiger partial charge is 0.200 e. The Balaban J connectivity index is 2.31. The third kappa shape index (κ3) is 2.83. The van der Waals surface area contributed by atoms with Crippen LogP contribution < -0.4 is 0 Å². The summed E-state index contributed by atoms with van der Waals surface area (Å²) >= 11 is 0. The topological polar surface area (TPSA) is 65.2 Å². The minimum atomic E-state index is -2.29. The number of azo groups is 1. The van der Waals surface area contributed by atoms with E-state index in [0.717, 1.165) is 6.07 Å². The molecule has 0 radical (unpaired) electrons. The normalized spacial score (nSPS) is 11.3. The Hall–Kier alpha value is -2.71. The maximum absolute atomic E-state index is 13.3. The summed E-state index contributed by atoms with van der Waals surface area (Å²) in [7, 11) is 0. The van der Waals surface area contributed by atoms with Gasteiger partial charge in [0.05, 0.1) is 6.54 Å². The van der Waals surface area contributed by atoms with Gasteiger partial charge in [-0.3, -0.25) is 0 Å². The molecule has 0 atom stereocenters. The second-order valence-corrected chi connectivity index (χ2v) is 4.13. The average molecular weight is 318 g/mol. The molecule has 4 nitrogen and oxygen atoms in total. The van der Waals surface area contributed by atoms with Crippen LogP contribution in [0.1, 0.15) is 5.56 Å². The van der Waals surface area contributed by atoms with Crippen LogP contribution in [0.5, 0.6) is 11.5 Å². The van der Waals surface area contributed by atoms with Gasteiger partial charge in [0.25, 0.3) is 0 Å². The largest absolute Gasteiger partial charge is 0.508 e. The number of hydrogen-bond acceptors (Lipinski definition) is 4. The Kier molecular flexibility index (Phi) is 4.25. The van der Waals surface area contributed by atoms with E-state index in [-0.39, 0.29) is 17.1 Å². The molecule has 0 unspecified atom stereocenters. The highest BCUT2D eigenvalue weighted by Crippen LogP contribution is 2.30. The predicted octanol–water partition coefficient (Wildman–Crippen LogP) is 4.08. The number of aromatic hydroxyl groups is 2. The zero-order chi connectivity index (χ0) is 16.4. The third-order valence-electron chi connectivity index (χ3n) is 2.67. The highest BCUT2D eigenvalue weighted by molar-refractivity contribution is 5.42. The molecule has 2 aromatic rings. The highest BCUT2D eigenvalue weighted by Gasteiger charge is 2.25. The van der Waals surface area contributed by atoms with Gasteiger partial charge in [-0.2, -0.15) is 5.11 Å². The number of hydrogen-bond donors (Lipinski definition) is 2. The van der Waals surface area contributed by atoms with Gasteiger partial charge in [0.2, 0.25) is 5.82 Å². The molecule has 116 valence electrons. The molecule has 0 aliphatic heterocycles. The summed E-state index contributed by atoms with van der Waals surface area (Å²) in [6.07, 6.45) is 0. The van der Waals surface area contributed by atoms with E-state index in [1.165, 1.54) is 12.1 Å². The Morgan fingerprint density at radius 3 is 1.91 bits per heavy atom. The first-order chi connectivity index (χ1) is 10.3. The SMILES string of the molecule is Oc1ccc(CN=Nc2c(F)c(F)c(F)c(F)c2F)c(O)c1. The van der Waals surface area contributed by atoms with Crippen molar-refractivity contribution in [2.75, 3.05) is 0 Å². The van der Waals surface area contributed by atoms with E-state index in [1.54, 1.807) is 0 Å². The van der Waals surface area contributed by atoms with Crippen molar-refractivity contribution in [1.29, 1.82) is 0 Å². The summed E-state index contributed by atoms with van der Waals surface area (Å²) in [6, 6.07) is 3.45. The van der Waals surface area contributed by atoms with Crippen molar-refractivity contribution in [2.45, 2.75) is 6.54 Å². The lowest BCUT2D eigenvalue weighted by atomic mass is 10.2. The second kappa shape index (κ2) is 5.96. The van der Waals surface area contributed by atoms with Crippen LogP contribution in [0.25, 0.3) is 0 Å². The van der Waals surface area contributed by atoms with E-state index in [4.69, 9.17) is 5.11 Å². The molecule has 9 heteroatoms. The molecule has 2 rings (SSSR count). The number of benzene rings is 2. The van der Waals surface area contributed by atoms with Crippen LogP contribution in [0.2, 0.25) is 0 Å². The van der Waals surface area contributed by atoms with Gasteiger partial charge in [-0.25, -0.2) is 22.0 Å². The van der Waals surface area contributed by atoms with E-state index in [2.05, 4.69) is 10.2 Å². The first-order valence-electron chi connectivity index (χ1n) is 5.72. The van der Waals surface area contributed by atoms with Gasteiger partial charge >= 0.3 is 0 Å². The minimum Gasteiger partial charge on any atom is -0.508 e. The fraction of sp³-hybridized carbons (Fsp3) is 0.0769. The second-order valence-electron chi connectivity index (χ2n) is 4.13. The van der Waals surface area contributed by atoms with E-state index in [9.17, 15) is 27.1 Å². The predicted molar refractivity (Wildman–Crippen MR) is 64.2 cm³/mol. The van der Waals surface area contributed by atoms with Crippen LogP contribution in [-0.2, 0) is 6.54 Å². The average Bonchev–Trinajstić information content (AvgIpc) is 2.48. The lowest BCUT2D eigenvalue weighted by molar-refractivity contribution is 0.380. The van der Waals surface area contributed by atoms with Crippen LogP contribution >= 0.6 is 0 Å². The van der Waals surface area contributed by atoms with Gasteiger partial charge in [-0.15, -0.1) is 5.11 Å². The van der Waals surface area contributed by atoms with Crippen LogP contribution in [0.4, 0.5) is 27.6 Å². The van der Waals surface area contributed by atoms with Crippen molar-refractivity contribution in [3.8, 4) is 11.5 Å². The lowest BCUT2D eigenvalue weighted by Gasteiger charge is -2.03. The van der Waals surface area contributed by atoms with Gasteiger partial charge in [0.15, 0.2) is 29.0 Å². The van der Waals surface area contributed by atoms with Gasteiger partial charge < -0.3 is 10.2 Å². The van der Waals surface area contributed by atoms with E-state index in [0.29, 0.717) is 0 Å². The Labute approximate surface area is 120 Å². The molecule has 0 aliphatic carbocycles. The number of phenols is 2. The molecule has 0 fully saturated rings. The lowest BCUT2D eigenvalue weighted by Crippen LogP contribution is -2.00. The van der Waals surface area contributed by atoms with Crippen LogP contribution in [0.15, 0.2) is 28.4 Å². The van der Waals surface area contributed by atoms with Crippen molar-refractivity contribution in [1.82, 2.24) is 0 Å². The summed E-state index contributed by atoms with van der Waals surface area (Å²) in [5.74, 6) is -11.3. The number of phenolic OH excluding ortho intramolecular Hbond substituents is 2. The fourth-order valence-electron chi connectivity index (χ4n) is 1.55. The van der Waals surface area contributed by atoms with E-state index >= 15 is 0 Å². The van der Waals surface area contributed by atoms with E-state index < -0.39 is 41.3 Å². The zero-order valence-electron chi connectivity index (χ0n) is 10.6. The molecule has 2 N–H and O–H groups in total. The molecule has 0 saturated heterocycles. The van der Waals surface area contributed by atoms with Crippen molar-refractivity contribution in [3.05, 3.63) is 52.8 Å². The van der Waals surface area contributed by atoms with Crippen molar-refractivity contribution < 1.29 is 32.2 Å². The van der Waals surface area contributed by atoms with Gasteiger partial charge in [-0.05, 0) is 12.1 Å². The molecule has 0 aromatic heterocycles. The monoisotopic (exact) mass is 318 g/mol. The molecule has 0 spiro atoms. The molecule has 2 aromatic carbocycles. The molecular weight excluding hydrogens is 311 g/mol. The summed E-state index contributed by atoms with van der Waals surface area (Å²) in [6.45, 7) is -0.397. The molecule has 0 heterocycles. The molecular formula is C13H7F5N2O2. The summed E-state index contributed by atoms with van der Waals surface area (Å²) < 4.78 is 65.3. The molecule has 0 amide bonds. The molecule has 0 aliphatic rings. The van der Waals surface area contributed by atoms with Crippen LogP contribution in [-0.4, -0.2) is 10.2 Å². The van der Waals surface area contributed by atoms with Gasteiger partial charge in [-0.1, -0.05) is 0 Å². The quantitative estimate of drug-likeness (QED) is 0.388. The molecule has 0 saturated carbocycles. The van der Waals surface area contributed by atoms with Gasteiger partial charge in [0, 0.05) is 11.6 Å². The number of halogens is 5.